The summed E-state index contributed by atoms with van der Waals surface area (Å²) in [5, 5.41) is 10.5. The molecule has 3 rings (SSSR count). The van der Waals surface area contributed by atoms with Crippen molar-refractivity contribution in [3.8, 4) is 17.2 Å². The first-order valence-corrected chi connectivity index (χ1v) is 11.0. The first-order valence-electron chi connectivity index (χ1n) is 11.0. The molecule has 8 heteroatoms. The van der Waals surface area contributed by atoms with Gasteiger partial charge in [0.25, 0.3) is 0 Å². The number of likely N-dealkylation sites (tertiary alicyclic amines) is 1. The molecule has 8 nitrogen and oxygen atoms in total. The number of hydrogen-bond acceptors (Lipinski definition) is 6. The van der Waals surface area contributed by atoms with Crippen LogP contribution >= 0.6 is 0 Å². The molecule has 2 amide bonds. The predicted octanol–water partition coefficient (Wildman–Crippen LogP) is 2.34. The topological polar surface area (TPSA) is 111 Å². The Bertz CT molecular complexity index is 965. The number of primary amides is 1. The molecular weight excluding hydrogens is 424 g/mol. The molecule has 0 saturated carbocycles. The van der Waals surface area contributed by atoms with Crippen LogP contribution in [0.25, 0.3) is 0 Å². The zero-order valence-corrected chi connectivity index (χ0v) is 19.3. The molecule has 0 radical (unpaired) electrons. The number of ether oxygens (including phenoxy) is 3. The number of hydrogen-bond donors (Lipinski definition) is 2. The summed E-state index contributed by atoms with van der Waals surface area (Å²) in [6, 6.07) is 15.2. The number of carbonyl (C=O) groups excluding carboxylic acids is 2. The SMILES string of the molecule is COc1ccc([C@@H]2CN(C(=O)C(N)=O)C[C@@]2(C)[C@@H](C)O)cc1OCCCOc1ccccc1. The first-order chi connectivity index (χ1) is 15.8. The summed E-state index contributed by atoms with van der Waals surface area (Å²) >= 11 is 0. The largest absolute Gasteiger partial charge is 0.493 e. The van der Waals surface area contributed by atoms with Crippen LogP contribution in [-0.4, -0.2) is 61.3 Å². The van der Waals surface area contributed by atoms with Crippen LogP contribution in [0.1, 0.15) is 31.7 Å². The van der Waals surface area contributed by atoms with E-state index in [2.05, 4.69) is 0 Å². The molecule has 1 saturated heterocycles. The van der Waals surface area contributed by atoms with Gasteiger partial charge in [-0.15, -0.1) is 0 Å². The lowest BCUT2D eigenvalue weighted by Gasteiger charge is -2.33. The number of carbonyl (C=O) groups is 2. The Labute approximate surface area is 194 Å². The minimum absolute atomic E-state index is 0.213. The molecule has 2 aromatic carbocycles. The van der Waals surface area contributed by atoms with Gasteiger partial charge in [0, 0.05) is 30.8 Å². The van der Waals surface area contributed by atoms with Crippen LogP contribution in [0, 0.1) is 5.41 Å². The lowest BCUT2D eigenvalue weighted by Crippen LogP contribution is -2.41. The van der Waals surface area contributed by atoms with Crippen LogP contribution in [0.5, 0.6) is 17.2 Å². The Hall–Kier alpha value is -3.26. The van der Waals surface area contributed by atoms with Crippen LogP contribution in [0.15, 0.2) is 48.5 Å². The van der Waals surface area contributed by atoms with Crippen molar-refractivity contribution < 1.29 is 28.9 Å². The first kappa shape index (κ1) is 24.4. The van der Waals surface area contributed by atoms with Crippen molar-refractivity contribution in [1.29, 1.82) is 0 Å². The summed E-state index contributed by atoms with van der Waals surface area (Å²) in [4.78, 5) is 25.1. The zero-order valence-electron chi connectivity index (χ0n) is 19.3. The third-order valence-corrected chi connectivity index (χ3v) is 6.33. The molecule has 0 unspecified atom stereocenters. The highest BCUT2D eigenvalue weighted by molar-refractivity contribution is 6.34. The molecule has 1 aliphatic heterocycles. The second-order valence-electron chi connectivity index (χ2n) is 8.56. The number of para-hydroxylation sites is 1. The van der Waals surface area contributed by atoms with E-state index in [-0.39, 0.29) is 19.0 Å². The number of nitrogens with zero attached hydrogens (tertiary/aromatic N) is 1. The van der Waals surface area contributed by atoms with E-state index in [0.717, 1.165) is 11.3 Å². The Morgan fingerprint density at radius 2 is 1.85 bits per heavy atom. The molecule has 2 aromatic rings. The van der Waals surface area contributed by atoms with Gasteiger partial charge in [0.05, 0.1) is 26.4 Å². The summed E-state index contributed by atoms with van der Waals surface area (Å²) in [5.74, 6) is 0.0148. The van der Waals surface area contributed by atoms with Crippen LogP contribution < -0.4 is 19.9 Å². The zero-order chi connectivity index (χ0) is 24.0. The molecule has 178 valence electrons. The third-order valence-electron chi connectivity index (χ3n) is 6.33. The quantitative estimate of drug-likeness (QED) is 0.443. The van der Waals surface area contributed by atoms with Gasteiger partial charge in [-0.25, -0.2) is 0 Å². The minimum atomic E-state index is -1.000. The van der Waals surface area contributed by atoms with Gasteiger partial charge in [-0.1, -0.05) is 31.2 Å². The highest BCUT2D eigenvalue weighted by atomic mass is 16.5. The maximum absolute atomic E-state index is 12.2. The third kappa shape index (κ3) is 5.57. The number of methoxy groups -OCH3 is 1. The Morgan fingerprint density at radius 1 is 1.15 bits per heavy atom. The summed E-state index contributed by atoms with van der Waals surface area (Å²) < 4.78 is 17.1. The molecule has 1 fully saturated rings. The van der Waals surface area contributed by atoms with Gasteiger partial charge in [-0.05, 0) is 36.8 Å². The molecule has 0 aromatic heterocycles. The van der Waals surface area contributed by atoms with Gasteiger partial charge in [0.1, 0.15) is 5.75 Å². The molecule has 3 N–H and O–H groups in total. The summed E-state index contributed by atoms with van der Waals surface area (Å²) in [6.45, 7) is 5.05. The molecule has 0 aliphatic carbocycles. The summed E-state index contributed by atoms with van der Waals surface area (Å²) in [6.07, 6.45) is -0.0346. The number of aliphatic hydroxyl groups excluding tert-OH is 1. The molecular formula is C25H32N2O6. The number of nitrogens with two attached hydrogens (primary N) is 1. The van der Waals surface area contributed by atoms with Crippen molar-refractivity contribution in [2.75, 3.05) is 33.4 Å². The van der Waals surface area contributed by atoms with Crippen LogP contribution in [0.4, 0.5) is 0 Å². The van der Waals surface area contributed by atoms with Crippen LogP contribution in [-0.2, 0) is 9.59 Å². The van der Waals surface area contributed by atoms with E-state index in [4.69, 9.17) is 19.9 Å². The maximum atomic E-state index is 12.2. The van der Waals surface area contributed by atoms with Crippen LogP contribution in [0.2, 0.25) is 0 Å². The molecule has 0 spiro atoms. The van der Waals surface area contributed by atoms with Crippen molar-refractivity contribution in [1.82, 2.24) is 4.90 Å². The molecule has 3 atom stereocenters. The minimum Gasteiger partial charge on any atom is -0.493 e. The van der Waals surface area contributed by atoms with Crippen molar-refractivity contribution in [2.45, 2.75) is 32.3 Å². The van der Waals surface area contributed by atoms with Crippen molar-refractivity contribution >= 4 is 11.8 Å². The number of rotatable bonds is 9. The lowest BCUT2D eigenvalue weighted by atomic mass is 9.72. The highest BCUT2D eigenvalue weighted by Crippen LogP contribution is 2.46. The maximum Gasteiger partial charge on any atom is 0.311 e. The molecule has 1 aliphatic rings. The van der Waals surface area contributed by atoms with Crippen LogP contribution in [0.3, 0.4) is 0 Å². The van der Waals surface area contributed by atoms with E-state index in [1.165, 1.54) is 4.90 Å². The van der Waals surface area contributed by atoms with E-state index in [9.17, 15) is 14.7 Å². The normalized spacial score (nSPS) is 20.8. The molecule has 0 bridgehead atoms. The Morgan fingerprint density at radius 3 is 2.48 bits per heavy atom. The fourth-order valence-corrected chi connectivity index (χ4v) is 4.21. The average molecular weight is 457 g/mol. The fourth-order valence-electron chi connectivity index (χ4n) is 4.21. The average Bonchev–Trinajstić information content (AvgIpc) is 3.17. The van der Waals surface area contributed by atoms with Gasteiger partial charge < -0.3 is 30.0 Å². The molecule has 1 heterocycles. The van der Waals surface area contributed by atoms with Gasteiger partial charge in [0.2, 0.25) is 0 Å². The fraction of sp³-hybridized carbons (Fsp3) is 0.440. The number of benzene rings is 2. The Kier molecular flexibility index (Phi) is 7.81. The lowest BCUT2D eigenvalue weighted by molar-refractivity contribution is -0.143. The predicted molar refractivity (Wildman–Crippen MR) is 123 cm³/mol. The Balaban J connectivity index is 1.71. The van der Waals surface area contributed by atoms with E-state index in [1.807, 2.05) is 55.5 Å². The standard InChI is InChI=1S/C25H32N2O6/c1-17(28)25(2)16-27(24(30)23(26)29)15-20(25)18-10-11-21(31-3)22(14-18)33-13-7-12-32-19-8-5-4-6-9-19/h4-6,8-11,14,17,20,28H,7,12-13,15-16H2,1-3H3,(H2,26,29)/t17-,20+,25+/m1/s1. The molecule has 33 heavy (non-hydrogen) atoms. The van der Waals surface area contributed by atoms with Crippen molar-refractivity contribution in [3.05, 3.63) is 54.1 Å². The van der Waals surface area contributed by atoms with E-state index in [1.54, 1.807) is 14.0 Å². The van der Waals surface area contributed by atoms with Gasteiger partial charge >= 0.3 is 11.8 Å². The highest BCUT2D eigenvalue weighted by Gasteiger charge is 2.49. The second kappa shape index (κ2) is 10.6. The van der Waals surface area contributed by atoms with Crippen molar-refractivity contribution in [2.24, 2.45) is 11.1 Å². The van der Waals surface area contributed by atoms with Gasteiger partial charge in [0.15, 0.2) is 11.5 Å². The van der Waals surface area contributed by atoms with E-state index in [0.29, 0.717) is 31.1 Å². The van der Waals surface area contributed by atoms with E-state index < -0.39 is 23.3 Å². The summed E-state index contributed by atoms with van der Waals surface area (Å²) in [5.41, 5.74) is 5.44. The number of aliphatic hydroxyl groups is 1. The van der Waals surface area contributed by atoms with Crippen molar-refractivity contribution in [3.63, 3.8) is 0 Å². The van der Waals surface area contributed by atoms with E-state index >= 15 is 0 Å². The monoisotopic (exact) mass is 456 g/mol. The van der Waals surface area contributed by atoms with Gasteiger partial charge in [-0.3, -0.25) is 9.59 Å². The smallest absolute Gasteiger partial charge is 0.311 e. The second-order valence-corrected chi connectivity index (χ2v) is 8.56. The summed E-state index contributed by atoms with van der Waals surface area (Å²) in [7, 11) is 1.57. The van der Waals surface area contributed by atoms with Gasteiger partial charge in [-0.2, -0.15) is 0 Å². The number of amides is 2.